The molecule has 5 nitrogen and oxygen atoms in total. The van der Waals surface area contributed by atoms with E-state index in [2.05, 4.69) is 9.98 Å². The van der Waals surface area contributed by atoms with Crippen molar-refractivity contribution in [3.05, 3.63) is 29.0 Å². The molecule has 1 aromatic heterocycles. The zero-order valence-corrected chi connectivity index (χ0v) is 8.05. The third-order valence-corrected chi connectivity index (χ3v) is 2.37. The van der Waals surface area contributed by atoms with E-state index in [0.29, 0.717) is 18.5 Å². The van der Waals surface area contributed by atoms with Crippen LogP contribution in [0.3, 0.4) is 0 Å². The highest BCUT2D eigenvalue weighted by atomic mass is 16.4. The maximum Gasteiger partial charge on any atom is 0.320 e. The van der Waals surface area contributed by atoms with Crippen LogP contribution in [0.1, 0.15) is 6.42 Å². The van der Waals surface area contributed by atoms with Crippen molar-refractivity contribution in [1.29, 1.82) is 0 Å². The van der Waals surface area contributed by atoms with Crippen LogP contribution in [0, 0.1) is 0 Å². The molecule has 0 aromatic carbocycles. The molecule has 78 valence electrons. The third kappa shape index (κ3) is 1.87. The number of pyridine rings is 1. The van der Waals surface area contributed by atoms with Gasteiger partial charge in [-0.2, -0.15) is 0 Å². The second kappa shape index (κ2) is 3.78. The van der Waals surface area contributed by atoms with Gasteiger partial charge in [-0.05, 0) is 24.1 Å². The highest BCUT2D eigenvalue weighted by Gasteiger charge is 2.16. The molecule has 1 atom stereocenters. The van der Waals surface area contributed by atoms with Gasteiger partial charge in [0.15, 0.2) is 5.49 Å². The Morgan fingerprint density at radius 1 is 1.67 bits per heavy atom. The number of carbonyl (C=O) groups is 1. The molecule has 2 rings (SSSR count). The summed E-state index contributed by atoms with van der Waals surface area (Å²) in [5, 5.41) is 9.63. The maximum atomic E-state index is 10.6. The number of hydrogen-bond acceptors (Lipinski definition) is 4. The number of carboxylic acid groups (broad SMARTS) is 1. The van der Waals surface area contributed by atoms with Crippen LogP contribution in [-0.2, 0) is 4.79 Å². The van der Waals surface area contributed by atoms with Gasteiger partial charge in [-0.1, -0.05) is 0 Å². The Hall–Kier alpha value is -1.75. The molecule has 0 fully saturated rings. The van der Waals surface area contributed by atoms with Crippen molar-refractivity contribution in [2.24, 2.45) is 10.7 Å². The van der Waals surface area contributed by atoms with Crippen molar-refractivity contribution in [2.75, 3.05) is 6.54 Å². The Morgan fingerprint density at radius 3 is 3.20 bits per heavy atom. The van der Waals surface area contributed by atoms with Gasteiger partial charge < -0.3 is 10.8 Å². The molecule has 0 saturated carbocycles. The second-order valence-electron chi connectivity index (χ2n) is 3.44. The van der Waals surface area contributed by atoms with Gasteiger partial charge in [0.2, 0.25) is 0 Å². The van der Waals surface area contributed by atoms with Crippen LogP contribution in [0.4, 0.5) is 0 Å². The summed E-state index contributed by atoms with van der Waals surface area (Å²) in [5.74, 6) is -0.986. The summed E-state index contributed by atoms with van der Waals surface area (Å²) in [6.07, 6.45) is 2.00. The third-order valence-electron chi connectivity index (χ3n) is 2.37. The Morgan fingerprint density at radius 2 is 2.47 bits per heavy atom. The summed E-state index contributed by atoms with van der Waals surface area (Å²) in [6, 6.07) is 2.84. The number of aromatic nitrogens is 1. The number of carboxylic acids is 1. The van der Waals surface area contributed by atoms with Crippen molar-refractivity contribution < 1.29 is 9.90 Å². The first-order valence-corrected chi connectivity index (χ1v) is 4.64. The molecule has 0 aliphatic carbocycles. The zero-order valence-electron chi connectivity index (χ0n) is 8.05. The Bertz CT molecular complexity index is 510. The first-order chi connectivity index (χ1) is 7.18. The summed E-state index contributed by atoms with van der Waals surface area (Å²) < 4.78 is 0. The molecule has 0 amide bonds. The number of aliphatic carboxylic acids is 1. The van der Waals surface area contributed by atoms with Crippen LogP contribution < -0.4 is 16.4 Å². The van der Waals surface area contributed by atoms with Crippen LogP contribution in [0.15, 0.2) is 23.3 Å². The number of rotatable bonds is 3. The molecule has 1 aliphatic rings. The van der Waals surface area contributed by atoms with Crippen LogP contribution in [0.5, 0.6) is 0 Å². The summed E-state index contributed by atoms with van der Waals surface area (Å²) in [7, 11) is 0. The summed E-state index contributed by atoms with van der Waals surface area (Å²) in [6.45, 7) is 0.507. The standard InChI is InChI=1S/C10H11N3O2/c11-8(10(14)15)4-6-5-13-9-7(6)2-1-3-12-9/h1-3,8H,4-5,11H2,(H,14,15)/t8-/m0/s1. The molecule has 0 saturated heterocycles. The van der Waals surface area contributed by atoms with Gasteiger partial charge in [0.05, 0.1) is 6.54 Å². The monoisotopic (exact) mass is 205 g/mol. The van der Waals surface area contributed by atoms with Crippen molar-refractivity contribution in [2.45, 2.75) is 12.5 Å². The molecule has 3 N–H and O–H groups in total. The van der Waals surface area contributed by atoms with Crippen LogP contribution in [-0.4, -0.2) is 28.6 Å². The highest BCUT2D eigenvalue weighted by molar-refractivity contribution is 5.75. The second-order valence-corrected chi connectivity index (χ2v) is 3.44. The van der Waals surface area contributed by atoms with Crippen LogP contribution in [0.2, 0.25) is 0 Å². The lowest BCUT2D eigenvalue weighted by Crippen LogP contribution is -2.33. The molecule has 1 aromatic rings. The lowest BCUT2D eigenvalue weighted by molar-refractivity contribution is -0.138. The van der Waals surface area contributed by atoms with Crippen molar-refractivity contribution in [3.8, 4) is 0 Å². The topological polar surface area (TPSA) is 88.6 Å². The molecule has 2 heterocycles. The predicted molar refractivity (Wildman–Crippen MR) is 53.5 cm³/mol. The smallest absolute Gasteiger partial charge is 0.320 e. The van der Waals surface area contributed by atoms with E-state index in [-0.39, 0.29) is 0 Å². The summed E-state index contributed by atoms with van der Waals surface area (Å²) in [5.41, 5.74) is 7.11. The molecule has 5 heteroatoms. The summed E-state index contributed by atoms with van der Waals surface area (Å²) in [4.78, 5) is 18.9. The Kier molecular flexibility index (Phi) is 2.47. The number of hydrogen-bond donors (Lipinski definition) is 2. The fraction of sp³-hybridized carbons (Fsp3) is 0.300. The highest BCUT2D eigenvalue weighted by Crippen LogP contribution is 2.05. The number of fused-ring (bicyclic) bond motifs is 1. The van der Waals surface area contributed by atoms with Crippen LogP contribution in [0.25, 0.3) is 5.57 Å². The first-order valence-electron chi connectivity index (χ1n) is 4.64. The van der Waals surface area contributed by atoms with Crippen LogP contribution >= 0.6 is 0 Å². The minimum Gasteiger partial charge on any atom is -0.480 e. The van der Waals surface area contributed by atoms with Gasteiger partial charge in [-0.3, -0.25) is 9.79 Å². The maximum absolute atomic E-state index is 10.6. The lowest BCUT2D eigenvalue weighted by atomic mass is 10.1. The average Bonchev–Trinajstić information content (AvgIpc) is 2.62. The minimum absolute atomic E-state index is 0.331. The average molecular weight is 205 g/mol. The lowest BCUT2D eigenvalue weighted by Gasteiger charge is -2.05. The van der Waals surface area contributed by atoms with E-state index in [0.717, 1.165) is 10.8 Å². The molecule has 0 radical (unpaired) electrons. The SMILES string of the molecule is N[C@@H](CC1=c2cccnc2=NC1)C(=O)O. The van der Waals surface area contributed by atoms with Gasteiger partial charge in [-0.25, -0.2) is 4.98 Å². The molecular weight excluding hydrogens is 194 g/mol. The Balaban J connectivity index is 2.34. The predicted octanol–water partition coefficient (Wildman–Crippen LogP) is -1.33. The first kappa shape index (κ1) is 9.79. The van der Waals surface area contributed by atoms with E-state index in [1.807, 2.05) is 12.1 Å². The summed E-state index contributed by atoms with van der Waals surface area (Å²) >= 11 is 0. The number of nitrogens with two attached hydrogens (primary N) is 1. The fourth-order valence-corrected chi connectivity index (χ4v) is 1.58. The van der Waals surface area contributed by atoms with Gasteiger partial charge in [0.1, 0.15) is 6.04 Å². The van der Waals surface area contributed by atoms with E-state index in [1.165, 1.54) is 0 Å². The molecule has 0 unspecified atom stereocenters. The molecular formula is C10H11N3O2. The van der Waals surface area contributed by atoms with Crippen molar-refractivity contribution >= 4 is 11.5 Å². The normalized spacial score (nSPS) is 15.7. The van der Waals surface area contributed by atoms with Gasteiger partial charge >= 0.3 is 5.97 Å². The quantitative estimate of drug-likeness (QED) is 0.639. The van der Waals surface area contributed by atoms with Gasteiger partial charge in [0, 0.05) is 11.4 Å². The fourth-order valence-electron chi connectivity index (χ4n) is 1.58. The van der Waals surface area contributed by atoms with E-state index in [1.54, 1.807) is 6.20 Å². The minimum atomic E-state index is -0.986. The van der Waals surface area contributed by atoms with Crippen molar-refractivity contribution in [3.63, 3.8) is 0 Å². The molecule has 1 aliphatic heterocycles. The molecule has 0 spiro atoms. The zero-order chi connectivity index (χ0) is 10.8. The van der Waals surface area contributed by atoms with Gasteiger partial charge in [-0.15, -0.1) is 0 Å². The van der Waals surface area contributed by atoms with E-state index in [4.69, 9.17) is 10.8 Å². The van der Waals surface area contributed by atoms with E-state index in [9.17, 15) is 4.79 Å². The molecule has 15 heavy (non-hydrogen) atoms. The molecule has 0 bridgehead atoms. The number of nitrogens with zero attached hydrogens (tertiary/aromatic N) is 2. The van der Waals surface area contributed by atoms with E-state index < -0.39 is 12.0 Å². The van der Waals surface area contributed by atoms with Gasteiger partial charge in [0.25, 0.3) is 0 Å². The van der Waals surface area contributed by atoms with E-state index >= 15 is 0 Å². The Labute approximate surface area is 86.0 Å². The van der Waals surface area contributed by atoms with Crippen molar-refractivity contribution in [1.82, 2.24) is 4.98 Å². The largest absolute Gasteiger partial charge is 0.480 e.